The molecule has 4 nitrogen and oxygen atoms in total. The van der Waals surface area contributed by atoms with E-state index in [0.29, 0.717) is 5.69 Å². The fourth-order valence-corrected chi connectivity index (χ4v) is 1.17. The first-order valence-corrected chi connectivity index (χ1v) is 5.40. The van der Waals surface area contributed by atoms with Gasteiger partial charge in [0.05, 0.1) is 11.6 Å². The van der Waals surface area contributed by atoms with Crippen molar-refractivity contribution in [3.63, 3.8) is 0 Å². The van der Waals surface area contributed by atoms with Gasteiger partial charge in [0.25, 0.3) is 0 Å². The molecular formula is C8H14FLiN2O2S. The van der Waals surface area contributed by atoms with E-state index in [9.17, 15) is 12.8 Å². The molecule has 0 bridgehead atoms. The molecule has 0 unspecified atom stereocenters. The van der Waals surface area contributed by atoms with E-state index in [1.54, 1.807) is 0 Å². The fourth-order valence-electron chi connectivity index (χ4n) is 0.658. The van der Waals surface area contributed by atoms with Gasteiger partial charge in [-0.2, -0.15) is 0 Å². The van der Waals surface area contributed by atoms with Crippen LogP contribution in [0.3, 0.4) is 0 Å². The molecule has 1 aromatic rings. The first-order chi connectivity index (χ1) is 6.41. The molecule has 0 radical (unpaired) electrons. The van der Waals surface area contributed by atoms with E-state index in [0.717, 1.165) is 0 Å². The van der Waals surface area contributed by atoms with Crippen LogP contribution in [-0.2, 0) is 10.0 Å². The molecule has 0 amide bonds. The Labute approximate surface area is 101 Å². The van der Waals surface area contributed by atoms with Crippen LogP contribution >= 0.6 is 0 Å². The average Bonchev–Trinajstić information content (AvgIpc) is 2.04. The predicted octanol–water partition coefficient (Wildman–Crippen LogP) is 0.243. The zero-order valence-corrected chi connectivity index (χ0v) is 8.59. The van der Waals surface area contributed by atoms with E-state index in [1.807, 2.05) is 0 Å². The van der Waals surface area contributed by atoms with Crippen LogP contribution in [0.5, 0.6) is 0 Å². The van der Waals surface area contributed by atoms with Crippen molar-refractivity contribution >= 4 is 34.6 Å². The van der Waals surface area contributed by atoms with Crippen LogP contribution in [0.15, 0.2) is 29.2 Å². The number of nitrogen functional groups attached to an aromatic ring is 1. The summed E-state index contributed by atoms with van der Waals surface area (Å²) in [6.45, 7) is 1.21. The molecule has 1 rings (SSSR count). The molecule has 0 aromatic heterocycles. The summed E-state index contributed by atoms with van der Waals surface area (Å²) >= 11 is 0. The summed E-state index contributed by atoms with van der Waals surface area (Å²) in [5.41, 5.74) is 5.85. The number of hydrogen-bond acceptors (Lipinski definition) is 3. The molecule has 0 fully saturated rings. The van der Waals surface area contributed by atoms with Crippen LogP contribution in [0, 0.1) is 0 Å². The minimum atomic E-state index is -3.58. The summed E-state index contributed by atoms with van der Waals surface area (Å²) in [5, 5.41) is 4.84. The Bertz CT molecular complexity index is 367. The average molecular weight is 228 g/mol. The second kappa shape index (κ2) is 7.71. The number of nitrogens with two attached hydrogens (primary N) is 2. The first-order valence-electron chi connectivity index (χ1n) is 3.86. The monoisotopic (exact) mass is 228 g/mol. The standard InChI is InChI=1S/C6H8N2O2S.C2H5F.Li.H/c7-5-1-3-6(4-2-5)11(8,9)10;1-2-3;;/h1-4H,7H2,(H2,8,9,10);2H2,1H3;;. The number of halogens is 1. The molecule has 7 heteroatoms. The van der Waals surface area contributed by atoms with Gasteiger partial charge >= 0.3 is 18.9 Å². The molecule has 0 aliphatic rings. The number of alkyl halides is 1. The van der Waals surface area contributed by atoms with Crippen molar-refractivity contribution in [1.29, 1.82) is 0 Å². The SMILES string of the molecule is CCF.Nc1ccc(S(N)(=O)=O)cc1.[LiH]. The van der Waals surface area contributed by atoms with Crippen molar-refractivity contribution in [2.45, 2.75) is 11.8 Å². The number of sulfonamides is 1. The second-order valence-corrected chi connectivity index (χ2v) is 3.94. The molecule has 82 valence electrons. The summed E-state index contributed by atoms with van der Waals surface area (Å²) in [7, 11) is -3.58. The van der Waals surface area contributed by atoms with Crippen molar-refractivity contribution in [2.75, 3.05) is 12.4 Å². The van der Waals surface area contributed by atoms with Gasteiger partial charge in [-0.15, -0.1) is 0 Å². The maximum absolute atomic E-state index is 10.7. The number of hydrogen-bond donors (Lipinski definition) is 2. The second-order valence-electron chi connectivity index (χ2n) is 2.38. The third-order valence-corrected chi connectivity index (χ3v) is 2.14. The van der Waals surface area contributed by atoms with Crippen LogP contribution in [0.25, 0.3) is 0 Å². The topological polar surface area (TPSA) is 86.2 Å². The van der Waals surface area contributed by atoms with Gasteiger partial charge in [-0.1, -0.05) is 0 Å². The quantitative estimate of drug-likeness (QED) is 0.533. The van der Waals surface area contributed by atoms with Crippen LogP contribution in [-0.4, -0.2) is 34.0 Å². The van der Waals surface area contributed by atoms with Crippen molar-refractivity contribution in [2.24, 2.45) is 5.14 Å². The Morgan fingerprint density at radius 2 is 1.60 bits per heavy atom. The molecule has 1 aromatic carbocycles. The zero-order valence-electron chi connectivity index (χ0n) is 7.77. The predicted molar refractivity (Wildman–Crippen MR) is 61.0 cm³/mol. The molecule has 15 heavy (non-hydrogen) atoms. The van der Waals surface area contributed by atoms with E-state index in [1.165, 1.54) is 31.2 Å². The zero-order chi connectivity index (χ0) is 11.2. The van der Waals surface area contributed by atoms with Crippen molar-refractivity contribution < 1.29 is 12.8 Å². The van der Waals surface area contributed by atoms with Gasteiger partial charge in [0.2, 0.25) is 10.0 Å². The summed E-state index contributed by atoms with van der Waals surface area (Å²) in [5.74, 6) is 0. The van der Waals surface area contributed by atoms with E-state index < -0.39 is 10.0 Å². The fraction of sp³-hybridized carbons (Fsp3) is 0.250. The third kappa shape index (κ3) is 7.39. The maximum atomic E-state index is 10.7. The molecule has 0 aliphatic carbocycles. The van der Waals surface area contributed by atoms with E-state index in [-0.39, 0.29) is 30.4 Å². The Hall–Kier alpha value is -0.543. The van der Waals surface area contributed by atoms with Crippen molar-refractivity contribution in [3.05, 3.63) is 24.3 Å². The van der Waals surface area contributed by atoms with Crippen LogP contribution in [0.1, 0.15) is 6.92 Å². The number of anilines is 1. The van der Waals surface area contributed by atoms with Crippen molar-refractivity contribution in [3.8, 4) is 0 Å². The third-order valence-electron chi connectivity index (χ3n) is 1.21. The van der Waals surface area contributed by atoms with Gasteiger partial charge in [0.15, 0.2) is 0 Å². The molecule has 0 atom stereocenters. The molecule has 0 saturated heterocycles. The van der Waals surface area contributed by atoms with Gasteiger partial charge in [0, 0.05) is 5.69 Å². The Morgan fingerprint density at radius 1 is 1.27 bits per heavy atom. The van der Waals surface area contributed by atoms with Crippen LogP contribution in [0.2, 0.25) is 0 Å². The molecule has 4 N–H and O–H groups in total. The molecule has 0 heterocycles. The van der Waals surface area contributed by atoms with Crippen LogP contribution < -0.4 is 10.9 Å². The molecule has 0 aliphatic heterocycles. The van der Waals surface area contributed by atoms with Crippen molar-refractivity contribution in [1.82, 2.24) is 0 Å². The van der Waals surface area contributed by atoms with Gasteiger partial charge in [0.1, 0.15) is 0 Å². The summed E-state index contributed by atoms with van der Waals surface area (Å²) in [4.78, 5) is 0.0756. The summed E-state index contributed by atoms with van der Waals surface area (Å²) in [6, 6.07) is 5.70. The number of rotatable bonds is 1. The van der Waals surface area contributed by atoms with Gasteiger partial charge in [-0.3, -0.25) is 4.39 Å². The van der Waals surface area contributed by atoms with Gasteiger partial charge in [-0.05, 0) is 31.2 Å². The number of primary sulfonamides is 1. The van der Waals surface area contributed by atoms with Gasteiger partial charge < -0.3 is 5.73 Å². The molecule has 0 saturated carbocycles. The first kappa shape index (κ1) is 16.9. The molecular weight excluding hydrogens is 214 g/mol. The number of benzene rings is 1. The normalized spacial score (nSPS) is 9.53. The van der Waals surface area contributed by atoms with E-state index in [2.05, 4.69) is 0 Å². The Balaban J connectivity index is 0. The van der Waals surface area contributed by atoms with Gasteiger partial charge in [-0.25, -0.2) is 13.6 Å². The molecule has 0 spiro atoms. The Morgan fingerprint density at radius 3 is 1.87 bits per heavy atom. The minimum absolute atomic E-state index is 0. The summed E-state index contributed by atoms with van der Waals surface area (Å²) < 4.78 is 31.7. The Kier molecular flexibility index (Phi) is 8.67. The van der Waals surface area contributed by atoms with E-state index >= 15 is 0 Å². The van der Waals surface area contributed by atoms with Crippen LogP contribution in [0.4, 0.5) is 10.1 Å². The summed E-state index contributed by atoms with van der Waals surface area (Å²) in [6.07, 6.45) is 0. The van der Waals surface area contributed by atoms with E-state index in [4.69, 9.17) is 10.9 Å².